The van der Waals surface area contributed by atoms with E-state index < -0.39 is 29.4 Å². The largest absolute Gasteiger partial charge is 0.361 e. The molecule has 0 saturated carbocycles. The molecule has 5 N–H and O–H groups in total. The molecule has 1 aliphatic rings. The van der Waals surface area contributed by atoms with Gasteiger partial charge in [0.2, 0.25) is 17.7 Å². The molecule has 40 heavy (non-hydrogen) atoms. The van der Waals surface area contributed by atoms with E-state index in [-0.39, 0.29) is 18.1 Å². The fourth-order valence-electron chi connectivity index (χ4n) is 5.02. The highest BCUT2D eigenvalue weighted by molar-refractivity contribution is 5.98. The van der Waals surface area contributed by atoms with E-state index in [0.29, 0.717) is 0 Å². The number of nitrogens with two attached hydrogens (primary N) is 1. The molecule has 3 amide bonds. The number of aromatic amines is 1. The average Bonchev–Trinajstić information content (AvgIpc) is 3.71. The van der Waals surface area contributed by atoms with Crippen LogP contribution in [-0.4, -0.2) is 61.8 Å². The Hall–Kier alpha value is -4.44. The monoisotopic (exact) mass is 541 g/mol. The fourth-order valence-corrected chi connectivity index (χ4v) is 5.02. The number of carbonyl (C=O) groups excluding carboxylic acids is 3. The third-order valence-electron chi connectivity index (χ3n) is 7.22. The Bertz CT molecular complexity index is 1500. The summed E-state index contributed by atoms with van der Waals surface area (Å²) in [7, 11) is 0. The minimum atomic E-state index is -1.17. The summed E-state index contributed by atoms with van der Waals surface area (Å²) in [5, 5.41) is 6.61. The number of benzene rings is 2. The first kappa shape index (κ1) is 27.1. The molecule has 1 unspecified atom stereocenters. The number of aromatic nitrogens is 3. The zero-order chi connectivity index (χ0) is 28.3. The zero-order valence-electron chi connectivity index (χ0n) is 22.8. The topological polar surface area (TPSA) is 138 Å². The second kappa shape index (κ2) is 11.4. The van der Waals surface area contributed by atoms with E-state index in [1.807, 2.05) is 65.7 Å². The van der Waals surface area contributed by atoms with Crippen LogP contribution in [0.1, 0.15) is 43.9 Å². The first-order valence-electron chi connectivity index (χ1n) is 13.5. The lowest BCUT2D eigenvalue weighted by atomic mass is 10.0. The van der Waals surface area contributed by atoms with Gasteiger partial charge in [0.05, 0.1) is 11.9 Å². The average molecular weight is 542 g/mol. The Kier molecular flexibility index (Phi) is 7.70. The number of para-hydroxylation sites is 1. The van der Waals surface area contributed by atoms with Crippen LogP contribution in [0, 0.1) is 0 Å². The van der Waals surface area contributed by atoms with E-state index in [9.17, 15) is 14.4 Å². The fraction of sp³-hybridized carbons (Fsp3) is 0.333. The number of nitrogens with zero attached hydrogens (tertiary/aromatic N) is 3. The van der Waals surface area contributed by atoms with Gasteiger partial charge < -0.3 is 30.8 Å². The quantitative estimate of drug-likeness (QED) is 0.258. The summed E-state index contributed by atoms with van der Waals surface area (Å²) in [5.74, 6) is -0.604. The third kappa shape index (κ3) is 5.91. The van der Waals surface area contributed by atoms with E-state index in [2.05, 4.69) is 20.6 Å². The highest BCUT2D eigenvalue weighted by atomic mass is 16.2. The molecule has 5 rings (SSSR count). The maximum Gasteiger partial charge on any atom is 0.250 e. The minimum Gasteiger partial charge on any atom is -0.361 e. The normalized spacial score (nSPS) is 15.1. The van der Waals surface area contributed by atoms with Gasteiger partial charge in [-0.05, 0) is 43.9 Å². The van der Waals surface area contributed by atoms with Crippen LogP contribution >= 0.6 is 0 Å². The molecule has 0 radical (unpaired) electrons. The van der Waals surface area contributed by atoms with Crippen LogP contribution in [0.15, 0.2) is 73.3 Å². The van der Waals surface area contributed by atoms with Crippen molar-refractivity contribution in [1.82, 2.24) is 24.8 Å². The maximum atomic E-state index is 13.5. The molecule has 10 heteroatoms. The summed E-state index contributed by atoms with van der Waals surface area (Å²) in [5.41, 5.74) is 7.51. The van der Waals surface area contributed by atoms with Gasteiger partial charge in [-0.25, -0.2) is 4.98 Å². The molecule has 2 atom stereocenters. The number of nitrogens with one attached hydrogen (secondary N) is 3. The second-order valence-electron chi connectivity index (χ2n) is 10.9. The van der Waals surface area contributed by atoms with E-state index in [1.54, 1.807) is 30.9 Å². The van der Waals surface area contributed by atoms with Crippen LogP contribution in [0.2, 0.25) is 0 Å². The number of hydrogen-bond acceptors (Lipinski definition) is 5. The Morgan fingerprint density at radius 3 is 2.48 bits per heavy atom. The van der Waals surface area contributed by atoms with Crippen molar-refractivity contribution in [3.05, 3.63) is 84.4 Å². The third-order valence-corrected chi connectivity index (χ3v) is 7.22. The van der Waals surface area contributed by atoms with Crippen LogP contribution in [0.3, 0.4) is 0 Å². The van der Waals surface area contributed by atoms with Gasteiger partial charge in [0.1, 0.15) is 12.1 Å². The highest BCUT2D eigenvalue weighted by Crippen LogP contribution is 2.25. The lowest BCUT2D eigenvalue weighted by Crippen LogP contribution is -2.55. The standard InChI is InChI=1S/C30H35N7O3/c1-30(2,31)29(40)34-24(16-21-17-32-23-13-7-6-12-22(21)23)27(38)35-25-18-37(19-33-25)26(20-10-4-3-5-11-20)28(39)36-14-8-9-15-36/h3-7,10-13,17-19,24,26,32H,8-9,14-16,31H2,1-2H3,(H,34,40)(H,35,38)/t24-,26?/m1/s1. The van der Waals surface area contributed by atoms with Crippen molar-refractivity contribution in [2.45, 2.75) is 50.7 Å². The lowest BCUT2D eigenvalue weighted by Gasteiger charge is -2.24. The van der Waals surface area contributed by atoms with Gasteiger partial charge >= 0.3 is 0 Å². The number of H-pyrrole nitrogens is 1. The molecule has 208 valence electrons. The number of anilines is 1. The molecule has 2 aromatic carbocycles. The molecular weight excluding hydrogens is 506 g/mol. The van der Waals surface area contributed by atoms with Crippen molar-refractivity contribution in [1.29, 1.82) is 0 Å². The minimum absolute atomic E-state index is 0.00590. The Morgan fingerprint density at radius 2 is 1.75 bits per heavy atom. The Labute approximate surface area is 232 Å². The van der Waals surface area contributed by atoms with Crippen molar-refractivity contribution in [3.8, 4) is 0 Å². The van der Waals surface area contributed by atoms with Crippen LogP contribution < -0.4 is 16.4 Å². The van der Waals surface area contributed by atoms with Crippen LogP contribution in [0.25, 0.3) is 10.9 Å². The van der Waals surface area contributed by atoms with Gasteiger partial charge in [-0.1, -0.05) is 48.5 Å². The second-order valence-corrected chi connectivity index (χ2v) is 10.9. The Balaban J connectivity index is 1.39. The van der Waals surface area contributed by atoms with Gasteiger partial charge in [0.25, 0.3) is 0 Å². The van der Waals surface area contributed by atoms with Crippen molar-refractivity contribution < 1.29 is 14.4 Å². The predicted molar refractivity (Wildman–Crippen MR) is 153 cm³/mol. The number of hydrogen-bond donors (Lipinski definition) is 4. The van der Waals surface area contributed by atoms with Crippen LogP contribution in [0.5, 0.6) is 0 Å². The molecule has 1 aliphatic heterocycles. The number of likely N-dealkylation sites (tertiary alicyclic amines) is 1. The van der Waals surface area contributed by atoms with E-state index in [1.165, 1.54) is 0 Å². The molecule has 3 heterocycles. The number of amides is 3. The summed E-state index contributed by atoms with van der Waals surface area (Å²) in [6.07, 6.45) is 7.27. The number of fused-ring (bicyclic) bond motifs is 1. The van der Waals surface area contributed by atoms with E-state index >= 15 is 0 Å². The molecule has 1 saturated heterocycles. The van der Waals surface area contributed by atoms with Crippen LogP contribution in [-0.2, 0) is 20.8 Å². The molecular formula is C30H35N7O3. The van der Waals surface area contributed by atoms with Crippen molar-refractivity contribution in [2.24, 2.45) is 5.73 Å². The summed E-state index contributed by atoms with van der Waals surface area (Å²) < 4.78 is 1.72. The SMILES string of the molecule is CC(C)(N)C(=O)N[C@H](Cc1c[nH]c2ccccc12)C(=O)Nc1cn(C(C(=O)N2CCCC2)c2ccccc2)cn1. The zero-order valence-corrected chi connectivity index (χ0v) is 22.8. The lowest BCUT2D eigenvalue weighted by molar-refractivity contribution is -0.132. The molecule has 0 bridgehead atoms. The molecule has 2 aromatic heterocycles. The summed E-state index contributed by atoms with van der Waals surface area (Å²) in [6.45, 7) is 4.64. The predicted octanol–water partition coefficient (Wildman–Crippen LogP) is 2.98. The van der Waals surface area contributed by atoms with Gasteiger partial charge in [-0.2, -0.15) is 0 Å². The van der Waals surface area contributed by atoms with E-state index in [0.717, 1.165) is 48.0 Å². The van der Waals surface area contributed by atoms with Crippen molar-refractivity contribution in [2.75, 3.05) is 18.4 Å². The maximum absolute atomic E-state index is 13.5. The van der Waals surface area contributed by atoms with Crippen molar-refractivity contribution >= 4 is 34.4 Å². The number of carbonyl (C=O) groups is 3. The molecule has 4 aromatic rings. The van der Waals surface area contributed by atoms with Crippen LogP contribution in [0.4, 0.5) is 5.82 Å². The van der Waals surface area contributed by atoms with Crippen molar-refractivity contribution in [3.63, 3.8) is 0 Å². The van der Waals surface area contributed by atoms with Gasteiger partial charge in [-0.15, -0.1) is 0 Å². The Morgan fingerprint density at radius 1 is 1.05 bits per heavy atom. The molecule has 1 fully saturated rings. The van der Waals surface area contributed by atoms with Gasteiger partial charge in [0, 0.05) is 42.8 Å². The first-order chi connectivity index (χ1) is 19.2. The number of rotatable bonds is 9. The molecule has 0 spiro atoms. The summed E-state index contributed by atoms with van der Waals surface area (Å²) >= 11 is 0. The number of imidazole rings is 1. The smallest absolute Gasteiger partial charge is 0.250 e. The first-order valence-corrected chi connectivity index (χ1v) is 13.5. The summed E-state index contributed by atoms with van der Waals surface area (Å²) in [4.78, 5) is 49.3. The summed E-state index contributed by atoms with van der Waals surface area (Å²) in [6, 6.07) is 15.8. The molecule has 0 aliphatic carbocycles. The van der Waals surface area contributed by atoms with E-state index in [4.69, 9.17) is 5.73 Å². The van der Waals surface area contributed by atoms with Gasteiger partial charge in [-0.3, -0.25) is 14.4 Å². The van der Waals surface area contributed by atoms with Gasteiger partial charge in [0.15, 0.2) is 5.82 Å². The highest BCUT2D eigenvalue weighted by Gasteiger charge is 2.31. The molecule has 10 nitrogen and oxygen atoms in total.